The molecule has 3 rings (SSSR count). The smallest absolute Gasteiger partial charge is 0.224 e. The summed E-state index contributed by atoms with van der Waals surface area (Å²) >= 11 is 0. The number of carbonyl (C=O) groups is 2. The van der Waals surface area contributed by atoms with Crippen molar-refractivity contribution in [2.24, 2.45) is 5.92 Å². The average molecular weight is 356 g/mol. The van der Waals surface area contributed by atoms with Crippen molar-refractivity contribution in [1.82, 2.24) is 4.90 Å². The molecule has 1 heterocycles. The number of carbonyl (C=O) groups excluding carboxylic acids is 2. The first-order chi connectivity index (χ1) is 12.5. The SMILES string of the molecule is CC(=O)N1CCC(CC(=O)Nc2ccc(C3=CCC(F)C=C3)cc2)CC1. The summed E-state index contributed by atoms with van der Waals surface area (Å²) in [5, 5.41) is 2.94. The summed E-state index contributed by atoms with van der Waals surface area (Å²) in [4.78, 5) is 25.4. The van der Waals surface area contributed by atoms with E-state index in [1.807, 2.05) is 35.2 Å². The van der Waals surface area contributed by atoms with Gasteiger partial charge in [-0.05, 0) is 48.1 Å². The van der Waals surface area contributed by atoms with E-state index in [4.69, 9.17) is 0 Å². The zero-order valence-corrected chi connectivity index (χ0v) is 15.1. The second kappa shape index (κ2) is 8.30. The molecule has 0 bridgehead atoms. The molecule has 0 radical (unpaired) electrons. The van der Waals surface area contributed by atoms with Crippen molar-refractivity contribution < 1.29 is 14.0 Å². The molecule has 1 aromatic carbocycles. The Labute approximate surface area is 153 Å². The third-order valence-electron chi connectivity index (χ3n) is 5.08. The van der Waals surface area contributed by atoms with Crippen LogP contribution in [0.3, 0.4) is 0 Å². The molecule has 1 fully saturated rings. The maximum atomic E-state index is 13.1. The largest absolute Gasteiger partial charge is 0.343 e. The lowest BCUT2D eigenvalue weighted by Gasteiger charge is -2.30. The van der Waals surface area contributed by atoms with E-state index in [1.165, 1.54) is 0 Å². The fourth-order valence-corrected chi connectivity index (χ4v) is 3.48. The summed E-state index contributed by atoms with van der Waals surface area (Å²) in [5.41, 5.74) is 2.79. The Morgan fingerprint density at radius 1 is 1.19 bits per heavy atom. The fraction of sp³-hybridized carbons (Fsp3) is 0.429. The van der Waals surface area contributed by atoms with Crippen LogP contribution in [0.4, 0.5) is 10.1 Å². The van der Waals surface area contributed by atoms with E-state index in [0.29, 0.717) is 18.8 Å². The van der Waals surface area contributed by atoms with Crippen molar-refractivity contribution in [1.29, 1.82) is 0 Å². The van der Waals surface area contributed by atoms with E-state index >= 15 is 0 Å². The maximum Gasteiger partial charge on any atom is 0.224 e. The number of hydrogen-bond donors (Lipinski definition) is 1. The first-order valence-corrected chi connectivity index (χ1v) is 9.19. The molecule has 0 spiro atoms. The Morgan fingerprint density at radius 2 is 1.88 bits per heavy atom. The van der Waals surface area contributed by atoms with Gasteiger partial charge in [0.1, 0.15) is 6.17 Å². The molecule has 0 aromatic heterocycles. The van der Waals surface area contributed by atoms with Gasteiger partial charge < -0.3 is 10.2 Å². The van der Waals surface area contributed by atoms with E-state index in [2.05, 4.69) is 5.32 Å². The van der Waals surface area contributed by atoms with Crippen LogP contribution in [0, 0.1) is 5.92 Å². The minimum absolute atomic E-state index is 0.0103. The molecule has 0 saturated carbocycles. The van der Waals surface area contributed by atoms with Crippen molar-refractivity contribution in [3.8, 4) is 0 Å². The monoisotopic (exact) mass is 356 g/mol. The molecule has 138 valence electrons. The molecule has 1 saturated heterocycles. The number of nitrogens with zero attached hydrogens (tertiary/aromatic N) is 1. The van der Waals surface area contributed by atoms with Crippen molar-refractivity contribution in [3.05, 3.63) is 48.1 Å². The molecule has 1 aliphatic heterocycles. The number of hydrogen-bond acceptors (Lipinski definition) is 2. The Hall–Kier alpha value is -2.43. The quantitative estimate of drug-likeness (QED) is 0.888. The third kappa shape index (κ3) is 4.81. The van der Waals surface area contributed by atoms with Gasteiger partial charge in [-0.25, -0.2) is 4.39 Å². The summed E-state index contributed by atoms with van der Waals surface area (Å²) in [6.45, 7) is 3.07. The van der Waals surface area contributed by atoms with E-state index in [9.17, 15) is 14.0 Å². The van der Waals surface area contributed by atoms with Crippen molar-refractivity contribution in [2.75, 3.05) is 18.4 Å². The van der Waals surface area contributed by atoms with Gasteiger partial charge in [-0.2, -0.15) is 0 Å². The number of anilines is 1. The number of likely N-dealkylation sites (tertiary alicyclic amines) is 1. The summed E-state index contributed by atoms with van der Waals surface area (Å²) in [7, 11) is 0. The van der Waals surface area contributed by atoms with Crippen LogP contribution in [0.25, 0.3) is 5.57 Å². The highest BCUT2D eigenvalue weighted by atomic mass is 19.1. The third-order valence-corrected chi connectivity index (χ3v) is 5.08. The standard InChI is InChI=1S/C21H25FN2O2/c1-15(25)24-12-10-16(11-13-24)14-21(26)23-20-8-4-18(5-9-20)17-2-6-19(22)7-3-17/h2-6,8-9,16,19H,7,10-14H2,1H3,(H,23,26). The van der Waals surface area contributed by atoms with Gasteiger partial charge in [0.2, 0.25) is 11.8 Å². The molecule has 1 atom stereocenters. The number of allylic oxidation sites excluding steroid dienone is 4. The normalized spacial score (nSPS) is 20.6. The molecular formula is C21H25FN2O2. The van der Waals surface area contributed by atoms with E-state index in [-0.39, 0.29) is 11.8 Å². The van der Waals surface area contributed by atoms with Crippen LogP contribution in [0.2, 0.25) is 0 Å². The summed E-state index contributed by atoms with van der Waals surface area (Å²) in [5.74, 6) is 0.449. The van der Waals surface area contributed by atoms with Crippen molar-refractivity contribution >= 4 is 23.1 Å². The van der Waals surface area contributed by atoms with Crippen LogP contribution in [0.1, 0.15) is 38.2 Å². The summed E-state index contributed by atoms with van der Waals surface area (Å²) in [6.07, 6.45) is 7.03. The van der Waals surface area contributed by atoms with Gasteiger partial charge in [0.25, 0.3) is 0 Å². The van der Waals surface area contributed by atoms with E-state index < -0.39 is 6.17 Å². The van der Waals surface area contributed by atoms with Crippen molar-refractivity contribution in [2.45, 2.75) is 38.8 Å². The number of rotatable bonds is 4. The summed E-state index contributed by atoms with van der Waals surface area (Å²) in [6, 6.07) is 7.63. The minimum atomic E-state index is -0.889. The van der Waals surface area contributed by atoms with Gasteiger partial charge in [0.05, 0.1) is 0 Å². The van der Waals surface area contributed by atoms with Crippen LogP contribution in [-0.2, 0) is 9.59 Å². The zero-order valence-electron chi connectivity index (χ0n) is 15.1. The Bertz CT molecular complexity index is 716. The van der Waals surface area contributed by atoms with E-state index in [1.54, 1.807) is 19.1 Å². The van der Waals surface area contributed by atoms with Gasteiger partial charge in [-0.3, -0.25) is 9.59 Å². The van der Waals surface area contributed by atoms with Crippen LogP contribution in [-0.4, -0.2) is 36.0 Å². The fourth-order valence-electron chi connectivity index (χ4n) is 3.48. The van der Waals surface area contributed by atoms with Crippen LogP contribution < -0.4 is 5.32 Å². The lowest BCUT2D eigenvalue weighted by Crippen LogP contribution is -2.37. The molecule has 1 aromatic rings. The second-order valence-corrected chi connectivity index (χ2v) is 7.05. The van der Waals surface area contributed by atoms with Gasteiger partial charge in [0, 0.05) is 38.5 Å². The molecule has 2 aliphatic rings. The minimum Gasteiger partial charge on any atom is -0.343 e. The number of piperidine rings is 1. The van der Waals surface area contributed by atoms with E-state index in [0.717, 1.165) is 42.8 Å². The first kappa shape index (κ1) is 18.4. The van der Waals surface area contributed by atoms with Crippen LogP contribution >= 0.6 is 0 Å². The number of halogens is 1. The molecule has 1 unspecified atom stereocenters. The zero-order chi connectivity index (χ0) is 18.5. The molecular weight excluding hydrogens is 331 g/mol. The average Bonchev–Trinajstić information content (AvgIpc) is 2.63. The highest BCUT2D eigenvalue weighted by molar-refractivity contribution is 5.91. The number of benzene rings is 1. The number of nitrogens with one attached hydrogen (secondary N) is 1. The Morgan fingerprint density at radius 3 is 2.46 bits per heavy atom. The molecule has 1 aliphatic carbocycles. The molecule has 5 heteroatoms. The van der Waals surface area contributed by atoms with Crippen molar-refractivity contribution in [3.63, 3.8) is 0 Å². The predicted octanol–water partition coefficient (Wildman–Crippen LogP) is 3.96. The van der Waals surface area contributed by atoms with Gasteiger partial charge in [0.15, 0.2) is 0 Å². The highest BCUT2D eigenvalue weighted by Gasteiger charge is 2.22. The first-order valence-electron chi connectivity index (χ1n) is 9.19. The number of amides is 2. The van der Waals surface area contributed by atoms with Gasteiger partial charge >= 0.3 is 0 Å². The lowest BCUT2D eigenvalue weighted by molar-refractivity contribution is -0.130. The van der Waals surface area contributed by atoms with Gasteiger partial charge in [-0.15, -0.1) is 0 Å². The summed E-state index contributed by atoms with van der Waals surface area (Å²) < 4.78 is 13.1. The molecule has 4 nitrogen and oxygen atoms in total. The Balaban J connectivity index is 1.49. The van der Waals surface area contributed by atoms with Crippen LogP contribution in [0.15, 0.2) is 42.5 Å². The predicted molar refractivity (Wildman–Crippen MR) is 101 cm³/mol. The Kier molecular flexibility index (Phi) is 5.86. The lowest BCUT2D eigenvalue weighted by atomic mass is 9.93. The molecule has 2 amide bonds. The number of alkyl halides is 1. The molecule has 1 N–H and O–H groups in total. The van der Waals surface area contributed by atoms with Crippen LogP contribution in [0.5, 0.6) is 0 Å². The second-order valence-electron chi connectivity index (χ2n) is 7.05. The molecule has 26 heavy (non-hydrogen) atoms. The maximum absolute atomic E-state index is 13.1. The highest BCUT2D eigenvalue weighted by Crippen LogP contribution is 2.25. The topological polar surface area (TPSA) is 49.4 Å². The van der Waals surface area contributed by atoms with Gasteiger partial charge in [-0.1, -0.05) is 24.3 Å².